The van der Waals surface area contributed by atoms with Gasteiger partial charge >= 0.3 is 0 Å². The second kappa shape index (κ2) is 10.8. The highest BCUT2D eigenvalue weighted by atomic mass is 32.1. The summed E-state index contributed by atoms with van der Waals surface area (Å²) < 4.78 is 9.02. The maximum atomic E-state index is 6.35. The third-order valence-electron chi connectivity index (χ3n) is 10.2. The zero-order chi connectivity index (χ0) is 32.6. The fraction of sp³-hybridized carbons (Fsp3) is 0.0213. The SMILES string of the molecule is C=C(/C=C\c1oc2ccc(-c3ccc4c(c3)c3ccccc3c3cc5c(cc43)sc3ccccc35)cc2c1C)c1ccc2ccccc2c1. The van der Waals surface area contributed by atoms with E-state index in [1.54, 1.807) is 0 Å². The Balaban J connectivity index is 1.06. The largest absolute Gasteiger partial charge is 0.456 e. The molecule has 0 bridgehead atoms. The third kappa shape index (κ3) is 4.45. The highest BCUT2D eigenvalue weighted by Gasteiger charge is 2.15. The molecule has 10 rings (SSSR count). The van der Waals surface area contributed by atoms with Crippen molar-refractivity contribution in [3.05, 3.63) is 169 Å². The van der Waals surface area contributed by atoms with Crippen LogP contribution in [0.1, 0.15) is 16.9 Å². The van der Waals surface area contributed by atoms with E-state index >= 15 is 0 Å². The molecule has 2 aromatic heterocycles. The van der Waals surface area contributed by atoms with Crippen molar-refractivity contribution in [3.8, 4) is 11.1 Å². The summed E-state index contributed by atoms with van der Waals surface area (Å²) in [6, 6.07) is 50.8. The molecule has 0 aliphatic carbocycles. The van der Waals surface area contributed by atoms with Crippen LogP contribution in [0.2, 0.25) is 0 Å². The molecule has 1 nitrogen and oxygen atoms in total. The summed E-state index contributed by atoms with van der Waals surface area (Å²) >= 11 is 1.88. The molecule has 0 aliphatic rings. The van der Waals surface area contributed by atoms with Crippen molar-refractivity contribution in [3.63, 3.8) is 0 Å². The Hall–Kier alpha value is -5.96. The van der Waals surface area contributed by atoms with Crippen molar-refractivity contribution in [2.75, 3.05) is 0 Å². The predicted molar refractivity (Wildman–Crippen MR) is 214 cm³/mol. The van der Waals surface area contributed by atoms with Gasteiger partial charge in [0.2, 0.25) is 0 Å². The fourth-order valence-electron chi connectivity index (χ4n) is 7.59. The summed E-state index contributed by atoms with van der Waals surface area (Å²) in [5, 5.41) is 14.0. The molecule has 0 N–H and O–H groups in total. The molecule has 0 spiro atoms. The molecule has 0 amide bonds. The second-order valence-corrected chi connectivity index (χ2v) is 14.1. The van der Waals surface area contributed by atoms with Crippen LogP contribution in [0.25, 0.3) is 97.0 Å². The number of rotatable bonds is 4. The van der Waals surface area contributed by atoms with Crippen LogP contribution < -0.4 is 0 Å². The van der Waals surface area contributed by atoms with Gasteiger partial charge in [0.15, 0.2) is 0 Å². The summed E-state index contributed by atoms with van der Waals surface area (Å²) in [4.78, 5) is 0. The topological polar surface area (TPSA) is 13.1 Å². The van der Waals surface area contributed by atoms with Crippen LogP contribution in [-0.4, -0.2) is 0 Å². The van der Waals surface area contributed by atoms with Crippen LogP contribution in [0, 0.1) is 6.92 Å². The molecule has 49 heavy (non-hydrogen) atoms. The Kier molecular flexibility index (Phi) is 6.18. The first kappa shape index (κ1) is 28.1. The van der Waals surface area contributed by atoms with Crippen LogP contribution in [0.4, 0.5) is 0 Å². The molecule has 0 aliphatic heterocycles. The quantitative estimate of drug-likeness (QED) is 0.138. The van der Waals surface area contributed by atoms with Crippen LogP contribution >= 0.6 is 11.3 Å². The monoisotopic (exact) mass is 642 g/mol. The molecule has 0 fully saturated rings. The number of furan rings is 1. The number of aryl methyl sites for hydroxylation is 1. The standard InChI is InChI=1S/C47H30OS/c1-28(31-17-16-30-9-3-4-10-32(30)23-31)15-21-44-29(2)39-24-34(19-22-45(39)48-44)33-18-20-37-40(25-33)35-11-5-6-12-36(35)41-26-43-38-13-7-8-14-46(38)49-47(43)27-42(37)41/h3-27H,1H2,2H3/b21-15-. The van der Waals surface area contributed by atoms with Crippen molar-refractivity contribution in [2.45, 2.75) is 6.92 Å². The Morgan fingerprint density at radius 1 is 0.531 bits per heavy atom. The maximum Gasteiger partial charge on any atom is 0.135 e. The van der Waals surface area contributed by atoms with Gasteiger partial charge in [-0.15, -0.1) is 11.3 Å². The summed E-state index contributed by atoms with van der Waals surface area (Å²) in [5.74, 6) is 0.859. The molecular weight excluding hydrogens is 613 g/mol. The lowest BCUT2D eigenvalue weighted by atomic mass is 9.91. The minimum atomic E-state index is 0.859. The highest BCUT2D eigenvalue weighted by molar-refractivity contribution is 7.25. The molecule has 0 saturated carbocycles. The fourth-order valence-corrected chi connectivity index (χ4v) is 8.72. The van der Waals surface area contributed by atoms with Crippen LogP contribution in [-0.2, 0) is 0 Å². The van der Waals surface area contributed by atoms with Crippen LogP contribution in [0.5, 0.6) is 0 Å². The van der Waals surface area contributed by atoms with Gasteiger partial charge in [-0.3, -0.25) is 0 Å². The van der Waals surface area contributed by atoms with Gasteiger partial charge in [-0.1, -0.05) is 110 Å². The smallest absolute Gasteiger partial charge is 0.135 e. The van der Waals surface area contributed by atoms with E-state index in [4.69, 9.17) is 4.42 Å². The van der Waals surface area contributed by atoms with E-state index < -0.39 is 0 Å². The van der Waals surface area contributed by atoms with Crippen molar-refractivity contribution in [2.24, 2.45) is 0 Å². The zero-order valence-corrected chi connectivity index (χ0v) is 27.8. The van der Waals surface area contributed by atoms with E-state index in [0.29, 0.717) is 0 Å². The maximum absolute atomic E-state index is 6.35. The molecule has 230 valence electrons. The van der Waals surface area contributed by atoms with Gasteiger partial charge in [0.1, 0.15) is 11.3 Å². The zero-order valence-electron chi connectivity index (χ0n) is 27.0. The third-order valence-corrected chi connectivity index (χ3v) is 11.3. The first-order chi connectivity index (χ1) is 24.1. The molecule has 10 aromatic rings. The normalized spacial score (nSPS) is 12.2. The number of allylic oxidation sites excluding steroid dienone is 2. The van der Waals surface area contributed by atoms with Gasteiger partial charge in [-0.05, 0) is 121 Å². The Morgan fingerprint density at radius 2 is 1.18 bits per heavy atom. The molecule has 0 radical (unpaired) electrons. The molecule has 0 atom stereocenters. The predicted octanol–water partition coefficient (Wildman–Crippen LogP) is 14.1. The lowest BCUT2D eigenvalue weighted by molar-refractivity contribution is 0.601. The Bertz CT molecular complexity index is 3020. The van der Waals surface area contributed by atoms with Crippen molar-refractivity contribution < 1.29 is 4.42 Å². The summed E-state index contributed by atoms with van der Waals surface area (Å²) in [6.07, 6.45) is 4.11. The average molecular weight is 643 g/mol. The summed E-state index contributed by atoms with van der Waals surface area (Å²) in [5.41, 5.74) is 6.46. The van der Waals surface area contributed by atoms with Gasteiger partial charge in [0.25, 0.3) is 0 Å². The number of fused-ring (bicyclic) bond motifs is 11. The summed E-state index contributed by atoms with van der Waals surface area (Å²) in [6.45, 7) is 6.49. The van der Waals surface area contributed by atoms with E-state index in [1.807, 2.05) is 17.4 Å². The van der Waals surface area contributed by atoms with Crippen molar-refractivity contribution in [1.82, 2.24) is 0 Å². The molecule has 2 heterocycles. The number of hydrogen-bond acceptors (Lipinski definition) is 2. The molecular formula is C47H30OS. The molecule has 2 heteroatoms. The minimum absolute atomic E-state index is 0.859. The van der Waals surface area contributed by atoms with Crippen LogP contribution in [0.3, 0.4) is 0 Å². The number of benzene rings is 8. The molecule has 0 saturated heterocycles. The average Bonchev–Trinajstić information content (AvgIpc) is 3.68. The van der Waals surface area contributed by atoms with Gasteiger partial charge in [0.05, 0.1) is 0 Å². The first-order valence-corrected chi connectivity index (χ1v) is 17.5. The number of hydrogen-bond donors (Lipinski definition) is 0. The molecule has 0 unspecified atom stereocenters. The lowest BCUT2D eigenvalue weighted by Crippen LogP contribution is -1.85. The Morgan fingerprint density at radius 3 is 2.02 bits per heavy atom. The number of thiophene rings is 1. The van der Waals surface area contributed by atoms with E-state index in [-0.39, 0.29) is 0 Å². The highest BCUT2D eigenvalue weighted by Crippen LogP contribution is 2.43. The van der Waals surface area contributed by atoms with E-state index in [2.05, 4.69) is 159 Å². The van der Waals surface area contributed by atoms with Gasteiger partial charge in [-0.2, -0.15) is 0 Å². The summed E-state index contributed by atoms with van der Waals surface area (Å²) in [7, 11) is 0. The van der Waals surface area contributed by atoms with E-state index in [1.165, 1.54) is 74.4 Å². The van der Waals surface area contributed by atoms with Crippen LogP contribution in [0.15, 0.2) is 157 Å². The van der Waals surface area contributed by atoms with Crippen molar-refractivity contribution in [1.29, 1.82) is 0 Å². The van der Waals surface area contributed by atoms with Crippen molar-refractivity contribution >= 4 is 97.2 Å². The second-order valence-electron chi connectivity index (χ2n) is 13.0. The van der Waals surface area contributed by atoms with E-state index in [9.17, 15) is 0 Å². The Labute approximate surface area is 287 Å². The minimum Gasteiger partial charge on any atom is -0.456 e. The first-order valence-electron chi connectivity index (χ1n) is 16.7. The van der Waals surface area contributed by atoms with Gasteiger partial charge in [-0.25, -0.2) is 0 Å². The van der Waals surface area contributed by atoms with Gasteiger partial charge < -0.3 is 4.42 Å². The van der Waals surface area contributed by atoms with E-state index in [0.717, 1.165) is 33.4 Å². The van der Waals surface area contributed by atoms with Gasteiger partial charge in [0, 0.05) is 31.1 Å². The molecule has 8 aromatic carbocycles. The lowest BCUT2D eigenvalue weighted by Gasteiger charge is -2.13.